The number of aliphatic carboxylic acids is 1. The summed E-state index contributed by atoms with van der Waals surface area (Å²) < 4.78 is 4.97. The van der Waals surface area contributed by atoms with Crippen molar-refractivity contribution in [2.45, 2.75) is 17.2 Å². The van der Waals surface area contributed by atoms with Gasteiger partial charge in [0.25, 0.3) is 5.91 Å². The van der Waals surface area contributed by atoms with Gasteiger partial charge in [-0.15, -0.1) is 11.8 Å². The van der Waals surface area contributed by atoms with Gasteiger partial charge in [-0.1, -0.05) is 5.16 Å². The van der Waals surface area contributed by atoms with E-state index in [-0.39, 0.29) is 35.6 Å². The summed E-state index contributed by atoms with van der Waals surface area (Å²) in [5.41, 5.74) is 0.113. The number of fused-ring (bicyclic) bond motifs is 1. The zero-order valence-electron chi connectivity index (χ0n) is 11.0. The lowest BCUT2D eigenvalue weighted by molar-refractivity contribution is -0.146. The van der Waals surface area contributed by atoms with Crippen molar-refractivity contribution in [1.82, 2.24) is 10.2 Å². The molecule has 1 fully saturated rings. The Morgan fingerprint density at radius 1 is 1.62 bits per heavy atom. The molecule has 0 aliphatic carbocycles. The molecule has 0 aromatic rings. The number of hydrogen-bond acceptors (Lipinski definition) is 7. The van der Waals surface area contributed by atoms with Crippen LogP contribution in [0.2, 0.25) is 0 Å². The van der Waals surface area contributed by atoms with E-state index in [1.54, 1.807) is 0 Å². The van der Waals surface area contributed by atoms with Gasteiger partial charge in [-0.05, 0) is 0 Å². The van der Waals surface area contributed by atoms with Gasteiger partial charge >= 0.3 is 5.97 Å². The van der Waals surface area contributed by atoms with E-state index in [0.717, 1.165) is 0 Å². The standard InChI is InChI=1S/C11H13N3O6S/c1-20-4-5-9(11(17)18)14-7(16)2-8(14)21-10(5)13-6(15)3-12-19/h3,8,10,19H,2,4H2,1H3,(H,13,15)(H,17,18)/t8-,10?/m1/s1. The summed E-state index contributed by atoms with van der Waals surface area (Å²) in [6.07, 6.45) is 0.881. The molecule has 114 valence electrons. The van der Waals surface area contributed by atoms with Crippen LogP contribution in [0, 0.1) is 0 Å². The Balaban J connectivity index is 2.35. The van der Waals surface area contributed by atoms with Crippen molar-refractivity contribution < 1.29 is 29.4 Å². The van der Waals surface area contributed by atoms with E-state index in [2.05, 4.69) is 10.5 Å². The van der Waals surface area contributed by atoms with Gasteiger partial charge in [-0.25, -0.2) is 4.79 Å². The zero-order chi connectivity index (χ0) is 15.6. The number of nitrogens with zero attached hydrogens (tertiary/aromatic N) is 2. The first-order valence-corrected chi connectivity index (χ1v) is 6.84. The molecule has 0 aromatic carbocycles. The highest BCUT2D eigenvalue weighted by Gasteiger charge is 2.48. The van der Waals surface area contributed by atoms with E-state index in [1.807, 2.05) is 0 Å². The number of nitrogens with one attached hydrogen (secondary N) is 1. The van der Waals surface area contributed by atoms with Crippen molar-refractivity contribution in [3.63, 3.8) is 0 Å². The van der Waals surface area contributed by atoms with Crippen LogP contribution in [0.15, 0.2) is 16.4 Å². The summed E-state index contributed by atoms with van der Waals surface area (Å²) in [6, 6.07) is 0. The lowest BCUT2D eigenvalue weighted by Crippen LogP contribution is -2.57. The molecule has 0 radical (unpaired) electrons. The minimum absolute atomic E-state index is 0.0493. The van der Waals surface area contributed by atoms with E-state index < -0.39 is 17.3 Å². The summed E-state index contributed by atoms with van der Waals surface area (Å²) >= 11 is 1.24. The molecule has 2 heterocycles. The molecule has 0 spiro atoms. The second-order valence-electron chi connectivity index (χ2n) is 4.30. The van der Waals surface area contributed by atoms with Crippen LogP contribution in [0.4, 0.5) is 0 Å². The summed E-state index contributed by atoms with van der Waals surface area (Å²) in [4.78, 5) is 35.7. The van der Waals surface area contributed by atoms with Crippen molar-refractivity contribution in [1.29, 1.82) is 0 Å². The number of rotatable bonds is 5. The van der Waals surface area contributed by atoms with Crippen LogP contribution in [-0.4, -0.2) is 63.7 Å². The molecule has 1 saturated heterocycles. The van der Waals surface area contributed by atoms with Gasteiger partial charge in [-0.3, -0.25) is 14.5 Å². The molecule has 3 N–H and O–H groups in total. The maximum atomic E-state index is 11.6. The second-order valence-corrected chi connectivity index (χ2v) is 5.59. The average molecular weight is 315 g/mol. The quantitative estimate of drug-likeness (QED) is 0.262. The summed E-state index contributed by atoms with van der Waals surface area (Å²) in [5, 5.41) is 21.8. The zero-order valence-corrected chi connectivity index (χ0v) is 11.8. The molecule has 0 saturated carbocycles. The van der Waals surface area contributed by atoms with Gasteiger partial charge in [-0.2, -0.15) is 0 Å². The van der Waals surface area contributed by atoms with Crippen LogP contribution < -0.4 is 5.32 Å². The van der Waals surface area contributed by atoms with Crippen LogP contribution in [-0.2, 0) is 19.1 Å². The number of carboxylic acids is 1. The van der Waals surface area contributed by atoms with Gasteiger partial charge in [0, 0.05) is 12.7 Å². The number of carbonyl (C=O) groups excluding carboxylic acids is 2. The third-order valence-electron chi connectivity index (χ3n) is 3.01. The Bertz CT molecular complexity index is 546. The highest BCUT2D eigenvalue weighted by atomic mass is 32.2. The van der Waals surface area contributed by atoms with Gasteiger partial charge in [0.1, 0.15) is 17.3 Å². The van der Waals surface area contributed by atoms with Crippen molar-refractivity contribution >= 4 is 35.8 Å². The molecule has 2 aliphatic heterocycles. The maximum Gasteiger partial charge on any atom is 0.352 e. The number of β-lactam (4-membered cyclic amide) rings is 1. The molecule has 2 atom stereocenters. The monoisotopic (exact) mass is 315 g/mol. The van der Waals surface area contributed by atoms with Crippen molar-refractivity contribution in [2.75, 3.05) is 13.7 Å². The molecule has 2 aliphatic rings. The third-order valence-corrected chi connectivity index (χ3v) is 4.38. The fourth-order valence-electron chi connectivity index (χ4n) is 2.16. The molecule has 0 bridgehead atoms. The first-order valence-electron chi connectivity index (χ1n) is 5.90. The van der Waals surface area contributed by atoms with Crippen molar-refractivity contribution in [2.24, 2.45) is 5.16 Å². The molecular formula is C11H13N3O6S. The first kappa shape index (κ1) is 15.3. The first-order chi connectivity index (χ1) is 9.99. The number of thioether (sulfide) groups is 1. The van der Waals surface area contributed by atoms with Crippen LogP contribution in [0.25, 0.3) is 0 Å². The average Bonchev–Trinajstić information content (AvgIpc) is 2.40. The van der Waals surface area contributed by atoms with E-state index in [0.29, 0.717) is 6.21 Å². The molecule has 1 unspecified atom stereocenters. The van der Waals surface area contributed by atoms with E-state index in [4.69, 9.17) is 9.94 Å². The van der Waals surface area contributed by atoms with Crippen LogP contribution in [0.1, 0.15) is 6.42 Å². The normalized spacial score (nSPS) is 24.8. The molecule has 21 heavy (non-hydrogen) atoms. The van der Waals surface area contributed by atoms with Gasteiger partial charge < -0.3 is 20.4 Å². The van der Waals surface area contributed by atoms with Gasteiger partial charge in [0.05, 0.1) is 18.4 Å². The predicted octanol–water partition coefficient (Wildman–Crippen LogP) is -0.821. The van der Waals surface area contributed by atoms with Crippen LogP contribution in [0.3, 0.4) is 0 Å². The van der Waals surface area contributed by atoms with Crippen LogP contribution >= 0.6 is 11.8 Å². The summed E-state index contributed by atoms with van der Waals surface area (Å²) in [6.45, 7) is -0.0493. The molecule has 10 heteroatoms. The van der Waals surface area contributed by atoms with E-state index in [1.165, 1.54) is 23.8 Å². The largest absolute Gasteiger partial charge is 0.477 e. The fourth-order valence-corrected chi connectivity index (χ4v) is 3.59. The Morgan fingerprint density at radius 2 is 2.33 bits per heavy atom. The number of oxime groups is 1. The predicted molar refractivity (Wildman–Crippen MR) is 71.6 cm³/mol. The van der Waals surface area contributed by atoms with E-state index >= 15 is 0 Å². The molecule has 2 amide bonds. The highest BCUT2D eigenvalue weighted by molar-refractivity contribution is 8.00. The van der Waals surface area contributed by atoms with E-state index in [9.17, 15) is 19.5 Å². The Labute approximate surface area is 123 Å². The van der Waals surface area contributed by atoms with Gasteiger partial charge in [0.2, 0.25) is 5.91 Å². The number of amides is 2. The van der Waals surface area contributed by atoms with Gasteiger partial charge in [0.15, 0.2) is 0 Å². The molecule has 9 nitrogen and oxygen atoms in total. The number of hydrogen-bond donors (Lipinski definition) is 3. The lowest BCUT2D eigenvalue weighted by atomic mass is 10.1. The topological polar surface area (TPSA) is 129 Å². The third kappa shape index (κ3) is 2.85. The number of carboxylic acid groups (broad SMARTS) is 1. The fraction of sp³-hybridized carbons (Fsp3) is 0.455. The van der Waals surface area contributed by atoms with Crippen molar-refractivity contribution in [3.05, 3.63) is 11.3 Å². The maximum absolute atomic E-state index is 11.6. The lowest BCUT2D eigenvalue weighted by Gasteiger charge is -2.46. The second kappa shape index (κ2) is 6.14. The Morgan fingerprint density at radius 3 is 2.86 bits per heavy atom. The summed E-state index contributed by atoms with van der Waals surface area (Å²) in [5.74, 6) is -2.21. The van der Waals surface area contributed by atoms with Crippen molar-refractivity contribution in [3.8, 4) is 0 Å². The smallest absolute Gasteiger partial charge is 0.352 e. The summed E-state index contributed by atoms with van der Waals surface area (Å²) in [7, 11) is 1.38. The number of methoxy groups -OCH3 is 1. The molecule has 0 aromatic heterocycles. The Kier molecular flexibility index (Phi) is 4.48. The minimum atomic E-state index is -1.25. The number of carbonyl (C=O) groups is 3. The number of ether oxygens (including phenoxy) is 1. The highest BCUT2D eigenvalue weighted by Crippen LogP contribution is 2.43. The van der Waals surface area contributed by atoms with Crippen LogP contribution in [0.5, 0.6) is 0 Å². The Hall–Kier alpha value is -2.07. The minimum Gasteiger partial charge on any atom is -0.477 e. The SMILES string of the molecule is COCC1=C(C(=O)O)N2C(=O)C[C@H]2SC1NC(=O)C=NO. The molecule has 2 rings (SSSR count). The molecular weight excluding hydrogens is 302 g/mol.